The summed E-state index contributed by atoms with van der Waals surface area (Å²) in [6, 6.07) is 11.7. The van der Waals surface area contributed by atoms with Gasteiger partial charge in [-0.15, -0.1) is 0 Å². The lowest BCUT2D eigenvalue weighted by Crippen LogP contribution is -2.19. The number of amides is 1. The van der Waals surface area contributed by atoms with Gasteiger partial charge in [0.05, 0.1) is 5.56 Å². The van der Waals surface area contributed by atoms with E-state index in [9.17, 15) is 9.59 Å². The SMILES string of the molecule is CNC(=O)/C(C#N)=C\c1cccn1-c1ccc(C(=O)O)cc1. The smallest absolute Gasteiger partial charge is 0.335 e. The van der Waals surface area contributed by atoms with E-state index in [0.29, 0.717) is 5.69 Å². The number of aromatic carboxylic acids is 1. The molecule has 1 aromatic carbocycles. The molecule has 0 saturated heterocycles. The first-order chi connectivity index (χ1) is 10.6. The molecular weight excluding hydrogens is 282 g/mol. The average molecular weight is 295 g/mol. The van der Waals surface area contributed by atoms with Crippen molar-refractivity contribution in [2.24, 2.45) is 0 Å². The van der Waals surface area contributed by atoms with Crippen molar-refractivity contribution in [3.8, 4) is 11.8 Å². The van der Waals surface area contributed by atoms with Crippen molar-refractivity contribution < 1.29 is 14.7 Å². The molecular formula is C16H13N3O3. The Morgan fingerprint density at radius 2 is 1.95 bits per heavy atom. The number of rotatable bonds is 4. The van der Waals surface area contributed by atoms with Crippen LogP contribution < -0.4 is 5.32 Å². The Morgan fingerprint density at radius 1 is 1.27 bits per heavy atom. The lowest BCUT2D eigenvalue weighted by atomic mass is 10.2. The van der Waals surface area contributed by atoms with Crippen LogP contribution in [0.2, 0.25) is 0 Å². The van der Waals surface area contributed by atoms with Crippen LogP contribution in [0.15, 0.2) is 48.2 Å². The van der Waals surface area contributed by atoms with Crippen molar-refractivity contribution in [2.45, 2.75) is 0 Å². The average Bonchev–Trinajstić information content (AvgIpc) is 3.00. The van der Waals surface area contributed by atoms with Gasteiger partial charge in [0.15, 0.2) is 0 Å². The monoisotopic (exact) mass is 295 g/mol. The van der Waals surface area contributed by atoms with Gasteiger partial charge in [-0.2, -0.15) is 5.26 Å². The molecule has 0 saturated carbocycles. The molecule has 110 valence electrons. The molecule has 2 N–H and O–H groups in total. The molecule has 2 aromatic rings. The maximum absolute atomic E-state index is 11.6. The van der Waals surface area contributed by atoms with E-state index in [1.54, 1.807) is 35.0 Å². The molecule has 0 bridgehead atoms. The summed E-state index contributed by atoms with van der Waals surface area (Å²) in [7, 11) is 1.46. The van der Waals surface area contributed by atoms with E-state index in [-0.39, 0.29) is 11.1 Å². The van der Waals surface area contributed by atoms with Crippen LogP contribution in [-0.4, -0.2) is 28.6 Å². The molecule has 1 heterocycles. The van der Waals surface area contributed by atoms with Gasteiger partial charge in [0, 0.05) is 24.6 Å². The van der Waals surface area contributed by atoms with Gasteiger partial charge in [-0.05, 0) is 42.5 Å². The molecule has 0 aliphatic heterocycles. The molecule has 0 fully saturated rings. The number of carboxylic acid groups (broad SMARTS) is 1. The molecule has 0 spiro atoms. The van der Waals surface area contributed by atoms with Crippen LogP contribution in [0.4, 0.5) is 0 Å². The zero-order chi connectivity index (χ0) is 16.1. The number of carbonyl (C=O) groups is 2. The second-order valence-electron chi connectivity index (χ2n) is 4.40. The van der Waals surface area contributed by atoms with Crippen molar-refractivity contribution in [1.82, 2.24) is 9.88 Å². The van der Waals surface area contributed by atoms with Gasteiger partial charge < -0.3 is 15.0 Å². The molecule has 6 nitrogen and oxygen atoms in total. The van der Waals surface area contributed by atoms with Crippen molar-refractivity contribution in [3.05, 3.63) is 59.4 Å². The highest BCUT2D eigenvalue weighted by atomic mass is 16.4. The highest BCUT2D eigenvalue weighted by molar-refractivity contribution is 6.01. The van der Waals surface area contributed by atoms with Crippen molar-refractivity contribution in [2.75, 3.05) is 7.05 Å². The summed E-state index contributed by atoms with van der Waals surface area (Å²) in [4.78, 5) is 22.4. The third-order valence-electron chi connectivity index (χ3n) is 3.06. The number of nitrogens with zero attached hydrogens (tertiary/aromatic N) is 2. The number of carboxylic acids is 1. The molecule has 2 rings (SSSR count). The standard InChI is InChI=1S/C16H13N3O3/c1-18-15(20)12(10-17)9-14-3-2-8-19(14)13-6-4-11(5-7-13)16(21)22/h2-9H,1H3,(H,18,20)(H,21,22)/b12-9-. The normalized spacial score (nSPS) is 10.8. The Labute approximate surface area is 126 Å². The number of nitriles is 1. The maximum atomic E-state index is 11.6. The molecule has 1 amide bonds. The van der Waals surface area contributed by atoms with Crippen LogP contribution in [0.1, 0.15) is 16.1 Å². The number of benzene rings is 1. The first-order valence-electron chi connectivity index (χ1n) is 6.41. The Kier molecular flexibility index (Phi) is 4.39. The van der Waals surface area contributed by atoms with E-state index in [1.165, 1.54) is 25.3 Å². The van der Waals surface area contributed by atoms with Gasteiger partial charge in [0.2, 0.25) is 0 Å². The summed E-state index contributed by atoms with van der Waals surface area (Å²) in [5.41, 5.74) is 1.55. The van der Waals surface area contributed by atoms with Crippen LogP contribution in [-0.2, 0) is 4.79 Å². The molecule has 6 heteroatoms. The number of hydrogen-bond donors (Lipinski definition) is 2. The fraction of sp³-hybridized carbons (Fsp3) is 0.0625. The van der Waals surface area contributed by atoms with Gasteiger partial charge in [0.1, 0.15) is 11.6 Å². The van der Waals surface area contributed by atoms with Gasteiger partial charge in [0.25, 0.3) is 5.91 Å². The summed E-state index contributed by atoms with van der Waals surface area (Å²) in [6.45, 7) is 0. The van der Waals surface area contributed by atoms with Crippen LogP contribution in [0.25, 0.3) is 11.8 Å². The van der Waals surface area contributed by atoms with E-state index >= 15 is 0 Å². The van der Waals surface area contributed by atoms with Gasteiger partial charge in [-0.1, -0.05) is 0 Å². The lowest BCUT2D eigenvalue weighted by molar-refractivity contribution is -0.116. The first kappa shape index (κ1) is 15.1. The fourth-order valence-electron chi connectivity index (χ4n) is 1.94. The number of nitrogens with one attached hydrogen (secondary N) is 1. The van der Waals surface area contributed by atoms with Crippen LogP contribution in [0, 0.1) is 11.3 Å². The zero-order valence-electron chi connectivity index (χ0n) is 11.8. The molecule has 0 aliphatic carbocycles. The first-order valence-corrected chi connectivity index (χ1v) is 6.41. The van der Waals surface area contributed by atoms with Gasteiger partial charge in [-0.3, -0.25) is 4.79 Å². The van der Waals surface area contributed by atoms with E-state index in [0.717, 1.165) is 5.69 Å². The van der Waals surface area contributed by atoms with E-state index in [1.807, 2.05) is 6.07 Å². The van der Waals surface area contributed by atoms with Crippen molar-refractivity contribution >= 4 is 18.0 Å². The second-order valence-corrected chi connectivity index (χ2v) is 4.40. The third kappa shape index (κ3) is 3.04. The number of aromatic nitrogens is 1. The van der Waals surface area contributed by atoms with E-state index in [2.05, 4.69) is 5.32 Å². The van der Waals surface area contributed by atoms with Crippen molar-refractivity contribution in [1.29, 1.82) is 5.26 Å². The van der Waals surface area contributed by atoms with E-state index in [4.69, 9.17) is 10.4 Å². The molecule has 22 heavy (non-hydrogen) atoms. The zero-order valence-corrected chi connectivity index (χ0v) is 11.8. The predicted molar refractivity (Wildman–Crippen MR) is 80.4 cm³/mol. The van der Waals surface area contributed by atoms with Crippen LogP contribution >= 0.6 is 0 Å². The molecule has 0 unspecified atom stereocenters. The summed E-state index contributed by atoms with van der Waals surface area (Å²) in [5, 5.41) is 20.3. The number of carbonyl (C=O) groups excluding carboxylic acids is 1. The molecule has 1 aromatic heterocycles. The minimum absolute atomic E-state index is 0.00962. The second kappa shape index (κ2) is 6.41. The summed E-state index contributed by atoms with van der Waals surface area (Å²) in [5.74, 6) is -1.46. The highest BCUT2D eigenvalue weighted by Gasteiger charge is 2.09. The van der Waals surface area contributed by atoms with E-state index < -0.39 is 11.9 Å². The molecule has 0 radical (unpaired) electrons. The molecule has 0 aliphatic rings. The highest BCUT2D eigenvalue weighted by Crippen LogP contribution is 2.16. The number of likely N-dealkylation sites (N-methyl/N-ethyl adjacent to an activating group) is 1. The largest absolute Gasteiger partial charge is 0.478 e. The number of hydrogen-bond acceptors (Lipinski definition) is 3. The minimum Gasteiger partial charge on any atom is -0.478 e. The van der Waals surface area contributed by atoms with Gasteiger partial charge >= 0.3 is 5.97 Å². The quantitative estimate of drug-likeness (QED) is 0.664. The Morgan fingerprint density at radius 3 is 2.50 bits per heavy atom. The lowest BCUT2D eigenvalue weighted by Gasteiger charge is -2.07. The van der Waals surface area contributed by atoms with Crippen molar-refractivity contribution in [3.63, 3.8) is 0 Å². The Bertz CT molecular complexity index is 780. The Hall–Kier alpha value is -3.33. The Balaban J connectivity index is 2.41. The third-order valence-corrected chi connectivity index (χ3v) is 3.06. The summed E-state index contributed by atoms with van der Waals surface area (Å²) < 4.78 is 1.76. The molecule has 0 atom stereocenters. The van der Waals surface area contributed by atoms with Crippen LogP contribution in [0.3, 0.4) is 0 Å². The topological polar surface area (TPSA) is 95.1 Å². The maximum Gasteiger partial charge on any atom is 0.335 e. The fourth-order valence-corrected chi connectivity index (χ4v) is 1.94. The minimum atomic E-state index is -0.995. The van der Waals surface area contributed by atoms with Crippen LogP contribution in [0.5, 0.6) is 0 Å². The summed E-state index contributed by atoms with van der Waals surface area (Å²) >= 11 is 0. The van der Waals surface area contributed by atoms with Gasteiger partial charge in [-0.25, -0.2) is 4.79 Å². The summed E-state index contributed by atoms with van der Waals surface area (Å²) in [6.07, 6.45) is 3.24. The predicted octanol–water partition coefficient (Wildman–Crippen LogP) is 1.83.